The molecule has 0 spiro atoms. The number of hydrogen-bond acceptors (Lipinski definition) is 6. The Morgan fingerprint density at radius 2 is 0.582 bits per heavy atom. The molecule has 0 fully saturated rings. The van der Waals surface area contributed by atoms with Gasteiger partial charge in [0.2, 0.25) is 0 Å². The molecule has 0 rings (SSSR count). The molecule has 0 bridgehead atoms. The van der Waals surface area contributed by atoms with Crippen molar-refractivity contribution in [3.8, 4) is 0 Å². The Balaban J connectivity index is 4.51. The molecule has 0 N–H and O–H groups in total. The van der Waals surface area contributed by atoms with Gasteiger partial charge in [0.25, 0.3) is 0 Å². The van der Waals surface area contributed by atoms with E-state index in [2.05, 4.69) is 130 Å². The summed E-state index contributed by atoms with van der Waals surface area (Å²) in [5, 5.41) is 0. The second kappa shape index (κ2) is 54.7. The van der Waals surface area contributed by atoms with Crippen LogP contribution in [0.1, 0.15) is 239 Å². The van der Waals surface area contributed by atoms with Crippen LogP contribution in [0.2, 0.25) is 0 Å². The largest absolute Gasteiger partial charge is 0.462 e. The Morgan fingerprint density at radius 3 is 0.940 bits per heavy atom. The van der Waals surface area contributed by atoms with Gasteiger partial charge in [-0.15, -0.1) is 0 Å². The van der Waals surface area contributed by atoms with Gasteiger partial charge in [-0.1, -0.05) is 226 Å². The van der Waals surface area contributed by atoms with Gasteiger partial charge in [0.15, 0.2) is 6.10 Å². The molecule has 0 aliphatic rings. The van der Waals surface area contributed by atoms with Gasteiger partial charge in [-0.25, -0.2) is 0 Å². The van der Waals surface area contributed by atoms with Gasteiger partial charge in [-0.3, -0.25) is 14.4 Å². The highest BCUT2D eigenvalue weighted by Crippen LogP contribution is 2.15. The minimum atomic E-state index is -0.814. The third-order valence-corrected chi connectivity index (χ3v) is 11.3. The number of rotatable bonds is 48. The van der Waals surface area contributed by atoms with Crippen LogP contribution in [-0.4, -0.2) is 37.2 Å². The average molecular weight is 929 g/mol. The van der Waals surface area contributed by atoms with Crippen LogP contribution >= 0.6 is 0 Å². The number of ether oxygens (including phenoxy) is 3. The average Bonchev–Trinajstić information content (AvgIpc) is 3.33. The molecule has 0 aliphatic carbocycles. The monoisotopic (exact) mass is 929 g/mol. The molecular formula is C61H100O6. The summed E-state index contributed by atoms with van der Waals surface area (Å²) in [7, 11) is 0. The van der Waals surface area contributed by atoms with E-state index in [4.69, 9.17) is 14.2 Å². The summed E-state index contributed by atoms with van der Waals surface area (Å²) in [4.78, 5) is 38.1. The van der Waals surface area contributed by atoms with Crippen LogP contribution in [0, 0.1) is 0 Å². The van der Waals surface area contributed by atoms with Crippen LogP contribution in [0.25, 0.3) is 0 Å². The molecule has 1 atom stereocenters. The molecule has 0 unspecified atom stereocenters. The first-order valence-corrected chi connectivity index (χ1v) is 27.4. The van der Waals surface area contributed by atoms with Crippen molar-refractivity contribution in [1.82, 2.24) is 0 Å². The molecule has 380 valence electrons. The van der Waals surface area contributed by atoms with Crippen molar-refractivity contribution in [3.63, 3.8) is 0 Å². The van der Waals surface area contributed by atoms with Crippen LogP contribution in [-0.2, 0) is 28.6 Å². The fraction of sp³-hybridized carbons (Fsp3) is 0.656. The van der Waals surface area contributed by atoms with Crippen LogP contribution < -0.4 is 0 Å². The highest BCUT2D eigenvalue weighted by atomic mass is 16.6. The molecule has 0 heterocycles. The maximum Gasteiger partial charge on any atom is 0.306 e. The first-order chi connectivity index (χ1) is 33.0. The number of allylic oxidation sites excluding steroid dienone is 18. The van der Waals surface area contributed by atoms with Gasteiger partial charge in [-0.2, -0.15) is 0 Å². The van der Waals surface area contributed by atoms with Crippen molar-refractivity contribution in [1.29, 1.82) is 0 Å². The van der Waals surface area contributed by atoms with Crippen molar-refractivity contribution >= 4 is 17.9 Å². The zero-order chi connectivity index (χ0) is 48.6. The summed E-state index contributed by atoms with van der Waals surface area (Å²) in [5.41, 5.74) is 0. The van der Waals surface area contributed by atoms with Gasteiger partial charge in [-0.05, 0) is 103 Å². The maximum atomic E-state index is 12.8. The molecular weight excluding hydrogens is 829 g/mol. The standard InChI is InChI=1S/C61H100O6/c1-4-7-10-13-16-19-22-25-28-29-30-31-34-36-39-42-45-48-51-54-60(63)66-57-58(67-61(64)55-52-49-46-43-40-37-33-27-24-21-18-15-12-9-6-3)56-65-59(62)53-50-47-44-41-38-35-32-26-23-20-17-14-11-8-5-2/h7,9-10,12,16,18-19,21,25,27-28,30-31,33,36,39-40,43,58H,4-6,8,11,13-15,17,20,22-24,26,29,32,34-35,37-38,41-42,44-57H2,1-3H3/b10-7-,12-9-,19-16-,21-18-,28-25-,31-30-,33-27-,39-36-,43-40-/t58-/m1/s1. The predicted octanol–water partition coefficient (Wildman–Crippen LogP) is 18.3. The van der Waals surface area contributed by atoms with Gasteiger partial charge in [0.05, 0.1) is 0 Å². The van der Waals surface area contributed by atoms with Gasteiger partial charge in [0, 0.05) is 19.3 Å². The summed E-state index contributed by atoms with van der Waals surface area (Å²) >= 11 is 0. The van der Waals surface area contributed by atoms with Gasteiger partial charge in [0.1, 0.15) is 13.2 Å². The smallest absolute Gasteiger partial charge is 0.306 e. The summed E-state index contributed by atoms with van der Waals surface area (Å²) in [6.45, 7) is 6.35. The second-order valence-corrected chi connectivity index (χ2v) is 17.7. The van der Waals surface area contributed by atoms with Crippen molar-refractivity contribution in [3.05, 3.63) is 109 Å². The Kier molecular flexibility index (Phi) is 51.5. The van der Waals surface area contributed by atoms with E-state index in [1.807, 2.05) is 0 Å². The van der Waals surface area contributed by atoms with Crippen LogP contribution in [0.15, 0.2) is 109 Å². The fourth-order valence-corrected chi connectivity index (χ4v) is 7.22. The number of esters is 3. The molecule has 0 amide bonds. The van der Waals surface area contributed by atoms with Crippen LogP contribution in [0.3, 0.4) is 0 Å². The lowest BCUT2D eigenvalue weighted by molar-refractivity contribution is -0.167. The van der Waals surface area contributed by atoms with Gasteiger partial charge >= 0.3 is 17.9 Å². The molecule has 0 aromatic heterocycles. The number of unbranched alkanes of at least 4 members (excludes halogenated alkanes) is 19. The van der Waals surface area contributed by atoms with Crippen molar-refractivity contribution in [2.45, 2.75) is 245 Å². The van der Waals surface area contributed by atoms with E-state index in [-0.39, 0.29) is 37.5 Å². The summed E-state index contributed by atoms with van der Waals surface area (Å²) in [6, 6.07) is 0. The van der Waals surface area contributed by atoms with Crippen molar-refractivity contribution < 1.29 is 28.6 Å². The summed E-state index contributed by atoms with van der Waals surface area (Å²) in [6.07, 6.45) is 73.6. The zero-order valence-corrected chi connectivity index (χ0v) is 43.4. The minimum absolute atomic E-state index is 0.105. The first kappa shape index (κ1) is 63.1. The lowest BCUT2D eigenvalue weighted by atomic mass is 10.0. The van der Waals surface area contributed by atoms with E-state index in [1.54, 1.807) is 0 Å². The Hall–Kier alpha value is -3.93. The molecule has 67 heavy (non-hydrogen) atoms. The molecule has 0 radical (unpaired) electrons. The number of carbonyl (C=O) groups excluding carboxylic acids is 3. The first-order valence-electron chi connectivity index (χ1n) is 27.4. The molecule has 0 saturated heterocycles. The molecule has 0 aromatic rings. The molecule has 6 heteroatoms. The zero-order valence-electron chi connectivity index (χ0n) is 43.4. The highest BCUT2D eigenvalue weighted by Gasteiger charge is 2.19. The third-order valence-electron chi connectivity index (χ3n) is 11.3. The normalized spacial score (nSPS) is 12.9. The molecule has 0 aromatic carbocycles. The summed E-state index contributed by atoms with van der Waals surface area (Å²) in [5.74, 6) is -0.981. The SMILES string of the molecule is CC/C=C\C/C=C\C/C=C\C/C=C\C/C=C\CCCCCC(=O)OC[C@@H](COC(=O)CCCCCCCCCCCCCCCCC)OC(=O)CCCC/C=C\C/C=C\C/C=C\C/C=C\CC. The van der Waals surface area contributed by atoms with Crippen LogP contribution in [0.4, 0.5) is 0 Å². The lowest BCUT2D eigenvalue weighted by Gasteiger charge is -2.18. The van der Waals surface area contributed by atoms with E-state index in [9.17, 15) is 14.4 Å². The fourth-order valence-electron chi connectivity index (χ4n) is 7.22. The van der Waals surface area contributed by atoms with E-state index in [1.165, 1.54) is 77.0 Å². The minimum Gasteiger partial charge on any atom is -0.462 e. The van der Waals surface area contributed by atoms with E-state index < -0.39 is 6.10 Å². The Morgan fingerprint density at radius 1 is 0.313 bits per heavy atom. The second-order valence-electron chi connectivity index (χ2n) is 17.7. The number of hydrogen-bond donors (Lipinski definition) is 0. The van der Waals surface area contributed by atoms with Crippen molar-refractivity contribution in [2.75, 3.05) is 13.2 Å². The molecule has 0 aliphatic heterocycles. The highest BCUT2D eigenvalue weighted by molar-refractivity contribution is 5.71. The molecule has 0 saturated carbocycles. The summed E-state index contributed by atoms with van der Waals surface area (Å²) < 4.78 is 16.8. The quantitative estimate of drug-likeness (QED) is 0.0262. The number of carbonyl (C=O) groups is 3. The Labute approximate surface area is 412 Å². The Bertz CT molecular complexity index is 1390. The van der Waals surface area contributed by atoms with E-state index in [0.717, 1.165) is 116 Å². The predicted molar refractivity (Wildman–Crippen MR) is 288 cm³/mol. The van der Waals surface area contributed by atoms with Crippen molar-refractivity contribution in [2.24, 2.45) is 0 Å². The maximum absolute atomic E-state index is 12.8. The van der Waals surface area contributed by atoms with Crippen LogP contribution in [0.5, 0.6) is 0 Å². The van der Waals surface area contributed by atoms with Gasteiger partial charge < -0.3 is 14.2 Å². The topological polar surface area (TPSA) is 78.9 Å². The molecule has 6 nitrogen and oxygen atoms in total. The van der Waals surface area contributed by atoms with E-state index in [0.29, 0.717) is 19.3 Å². The van der Waals surface area contributed by atoms with E-state index >= 15 is 0 Å². The lowest BCUT2D eigenvalue weighted by Crippen LogP contribution is -2.30. The third kappa shape index (κ3) is 52.9.